The van der Waals surface area contributed by atoms with Crippen LogP contribution in [-0.2, 0) is 0 Å². The largest absolute Gasteiger partial charge is 0.508 e. The van der Waals surface area contributed by atoms with Gasteiger partial charge in [0.15, 0.2) is 0 Å². The molecule has 1 fully saturated rings. The molecule has 96 valence electrons. The third-order valence-corrected chi connectivity index (χ3v) is 3.61. The zero-order valence-electron chi connectivity index (χ0n) is 10.2. The second kappa shape index (κ2) is 5.59. The molecule has 1 heterocycles. The predicted molar refractivity (Wildman–Crippen MR) is 77.5 cm³/mol. The van der Waals surface area contributed by atoms with Gasteiger partial charge in [-0.15, -0.1) is 12.4 Å². The number of phenols is 1. The fraction of sp³-hybridized carbons (Fsp3) is 0.333. The molecule has 2 aromatic rings. The maximum absolute atomic E-state index is 10.1. The molecule has 3 heteroatoms. The Morgan fingerprint density at radius 2 is 1.89 bits per heavy atom. The summed E-state index contributed by atoms with van der Waals surface area (Å²) in [6.07, 6.45) is 3.59. The summed E-state index contributed by atoms with van der Waals surface area (Å²) in [4.78, 5) is 0. The number of aromatic hydroxyl groups is 1. The van der Waals surface area contributed by atoms with Crippen molar-refractivity contribution >= 4 is 23.2 Å². The molecular formula is C15H18ClNO. The summed E-state index contributed by atoms with van der Waals surface area (Å²) in [5, 5.41) is 16.0. The van der Waals surface area contributed by atoms with E-state index in [1.165, 1.54) is 23.6 Å². The number of hydrogen-bond donors (Lipinski definition) is 2. The lowest BCUT2D eigenvalue weighted by Gasteiger charge is -2.25. The Bertz CT molecular complexity index is 535. The molecule has 0 radical (unpaired) electrons. The number of benzene rings is 2. The highest BCUT2D eigenvalue weighted by Crippen LogP contribution is 2.35. The molecule has 0 unspecified atom stereocenters. The molecule has 18 heavy (non-hydrogen) atoms. The Kier molecular flexibility index (Phi) is 4.10. The summed E-state index contributed by atoms with van der Waals surface area (Å²) in [7, 11) is 0. The highest BCUT2D eigenvalue weighted by atomic mass is 35.5. The molecule has 0 bridgehead atoms. The molecule has 0 amide bonds. The summed E-state index contributed by atoms with van der Waals surface area (Å²) in [6, 6.07) is 12.4. The van der Waals surface area contributed by atoms with Crippen LogP contribution in [0.1, 0.15) is 30.9 Å². The molecular weight excluding hydrogens is 246 g/mol. The van der Waals surface area contributed by atoms with E-state index in [1.807, 2.05) is 24.3 Å². The summed E-state index contributed by atoms with van der Waals surface area (Å²) in [5.74, 6) is 0.420. The van der Waals surface area contributed by atoms with Crippen LogP contribution in [0.3, 0.4) is 0 Å². The molecule has 2 nitrogen and oxygen atoms in total. The van der Waals surface area contributed by atoms with E-state index in [0.29, 0.717) is 11.8 Å². The zero-order chi connectivity index (χ0) is 11.7. The third kappa shape index (κ3) is 2.31. The van der Waals surface area contributed by atoms with Crippen LogP contribution in [0.25, 0.3) is 10.8 Å². The van der Waals surface area contributed by atoms with Gasteiger partial charge in [0.25, 0.3) is 0 Å². The van der Waals surface area contributed by atoms with Crippen molar-refractivity contribution in [3.8, 4) is 5.75 Å². The van der Waals surface area contributed by atoms with Crippen LogP contribution < -0.4 is 5.32 Å². The van der Waals surface area contributed by atoms with Crippen molar-refractivity contribution in [3.05, 3.63) is 42.0 Å². The second-order valence-corrected chi connectivity index (χ2v) is 4.72. The number of hydrogen-bond acceptors (Lipinski definition) is 2. The van der Waals surface area contributed by atoms with Crippen molar-refractivity contribution in [3.63, 3.8) is 0 Å². The standard InChI is InChI=1S/C15H17NO.ClH/c17-14-9-8-11-5-1-2-6-12(11)15(14)13-7-3-4-10-16-13;/h1-2,5-6,8-9,13,16-17H,3-4,7,10H2;1H/t13-;/m1./s1. The quantitative estimate of drug-likeness (QED) is 0.821. The Labute approximate surface area is 113 Å². The van der Waals surface area contributed by atoms with Crippen LogP contribution in [0.15, 0.2) is 36.4 Å². The lowest BCUT2D eigenvalue weighted by Crippen LogP contribution is -2.26. The molecule has 1 aliphatic heterocycles. The third-order valence-electron chi connectivity index (χ3n) is 3.61. The van der Waals surface area contributed by atoms with Crippen LogP contribution >= 0.6 is 12.4 Å². The minimum absolute atomic E-state index is 0. The fourth-order valence-electron chi connectivity index (χ4n) is 2.75. The van der Waals surface area contributed by atoms with Crippen molar-refractivity contribution < 1.29 is 5.11 Å². The van der Waals surface area contributed by atoms with Gasteiger partial charge < -0.3 is 10.4 Å². The van der Waals surface area contributed by atoms with E-state index in [-0.39, 0.29) is 12.4 Å². The van der Waals surface area contributed by atoms with E-state index in [0.717, 1.165) is 18.5 Å². The van der Waals surface area contributed by atoms with Gasteiger partial charge >= 0.3 is 0 Å². The van der Waals surface area contributed by atoms with Gasteiger partial charge in [0.05, 0.1) is 0 Å². The number of nitrogens with one attached hydrogen (secondary N) is 1. The lowest BCUT2D eigenvalue weighted by atomic mass is 9.92. The van der Waals surface area contributed by atoms with Gasteiger partial charge in [0.2, 0.25) is 0 Å². The molecule has 0 aromatic heterocycles. The van der Waals surface area contributed by atoms with Gasteiger partial charge in [0, 0.05) is 11.6 Å². The molecule has 3 rings (SSSR count). The van der Waals surface area contributed by atoms with Crippen LogP contribution in [-0.4, -0.2) is 11.7 Å². The van der Waals surface area contributed by atoms with E-state index in [2.05, 4.69) is 17.4 Å². The summed E-state index contributed by atoms with van der Waals surface area (Å²) >= 11 is 0. The normalized spacial score (nSPS) is 19.4. The van der Waals surface area contributed by atoms with Crippen LogP contribution in [0, 0.1) is 0 Å². The number of rotatable bonds is 1. The first-order valence-electron chi connectivity index (χ1n) is 6.30. The monoisotopic (exact) mass is 263 g/mol. The molecule has 0 spiro atoms. The van der Waals surface area contributed by atoms with E-state index < -0.39 is 0 Å². The molecule has 0 aliphatic carbocycles. The average Bonchev–Trinajstić information content (AvgIpc) is 2.39. The number of piperidine rings is 1. The first-order chi connectivity index (χ1) is 8.36. The number of fused-ring (bicyclic) bond motifs is 1. The van der Waals surface area contributed by atoms with Crippen LogP contribution in [0.2, 0.25) is 0 Å². The maximum Gasteiger partial charge on any atom is 0.120 e. The van der Waals surface area contributed by atoms with E-state index >= 15 is 0 Å². The molecule has 1 saturated heterocycles. The minimum atomic E-state index is 0. The molecule has 2 aromatic carbocycles. The Hall–Kier alpha value is -1.25. The fourth-order valence-corrected chi connectivity index (χ4v) is 2.75. The second-order valence-electron chi connectivity index (χ2n) is 4.72. The lowest BCUT2D eigenvalue weighted by molar-refractivity contribution is 0.393. The first kappa shape index (κ1) is 13.2. The Morgan fingerprint density at radius 3 is 2.67 bits per heavy atom. The Morgan fingerprint density at radius 1 is 1.06 bits per heavy atom. The van der Waals surface area contributed by atoms with Gasteiger partial charge in [-0.25, -0.2) is 0 Å². The first-order valence-corrected chi connectivity index (χ1v) is 6.30. The maximum atomic E-state index is 10.1. The predicted octanol–water partition coefficient (Wildman–Crippen LogP) is 3.78. The number of halogens is 1. The highest BCUT2D eigenvalue weighted by Gasteiger charge is 2.19. The number of phenolic OH excluding ortho intramolecular Hbond substituents is 1. The highest BCUT2D eigenvalue weighted by molar-refractivity contribution is 5.88. The van der Waals surface area contributed by atoms with Gasteiger partial charge in [0.1, 0.15) is 5.75 Å². The molecule has 2 N–H and O–H groups in total. The molecule has 1 atom stereocenters. The van der Waals surface area contributed by atoms with E-state index in [1.54, 1.807) is 0 Å². The average molecular weight is 264 g/mol. The van der Waals surface area contributed by atoms with Crippen LogP contribution in [0.4, 0.5) is 0 Å². The summed E-state index contributed by atoms with van der Waals surface area (Å²) < 4.78 is 0. The summed E-state index contributed by atoms with van der Waals surface area (Å²) in [6.45, 7) is 1.05. The topological polar surface area (TPSA) is 32.3 Å². The van der Waals surface area contributed by atoms with Gasteiger partial charge in [-0.1, -0.05) is 36.8 Å². The van der Waals surface area contributed by atoms with Gasteiger partial charge in [-0.05, 0) is 36.2 Å². The van der Waals surface area contributed by atoms with Crippen LogP contribution in [0.5, 0.6) is 5.75 Å². The Balaban J connectivity index is 0.00000120. The van der Waals surface area contributed by atoms with Crippen molar-refractivity contribution in [2.75, 3.05) is 6.54 Å². The molecule has 0 saturated carbocycles. The van der Waals surface area contributed by atoms with Crippen molar-refractivity contribution in [2.45, 2.75) is 25.3 Å². The minimum Gasteiger partial charge on any atom is -0.508 e. The SMILES string of the molecule is Cl.Oc1ccc2ccccc2c1[C@H]1CCCCN1. The van der Waals surface area contributed by atoms with Crippen molar-refractivity contribution in [2.24, 2.45) is 0 Å². The smallest absolute Gasteiger partial charge is 0.120 e. The van der Waals surface area contributed by atoms with E-state index in [9.17, 15) is 5.11 Å². The van der Waals surface area contributed by atoms with Gasteiger partial charge in [-0.2, -0.15) is 0 Å². The van der Waals surface area contributed by atoms with E-state index in [4.69, 9.17) is 0 Å². The zero-order valence-corrected chi connectivity index (χ0v) is 11.0. The summed E-state index contributed by atoms with van der Waals surface area (Å²) in [5.41, 5.74) is 1.07. The van der Waals surface area contributed by atoms with Crippen molar-refractivity contribution in [1.82, 2.24) is 5.32 Å². The molecule has 1 aliphatic rings. The van der Waals surface area contributed by atoms with Gasteiger partial charge in [-0.3, -0.25) is 0 Å². The van der Waals surface area contributed by atoms with Crippen molar-refractivity contribution in [1.29, 1.82) is 0 Å².